The van der Waals surface area contributed by atoms with E-state index in [2.05, 4.69) is 4.98 Å². The van der Waals surface area contributed by atoms with Crippen LogP contribution >= 0.6 is 0 Å². The number of nitrogens with zero attached hydrogens (tertiary/aromatic N) is 2. The summed E-state index contributed by atoms with van der Waals surface area (Å²) in [5.74, 6) is 0. The van der Waals surface area contributed by atoms with Crippen LogP contribution in [0.2, 0.25) is 0 Å². The summed E-state index contributed by atoms with van der Waals surface area (Å²) in [5.41, 5.74) is 0.573. The number of methoxy groups -OCH3 is 1. The molecule has 1 heterocycles. The first-order chi connectivity index (χ1) is 8.02. The van der Waals surface area contributed by atoms with Crippen LogP contribution in [-0.4, -0.2) is 50.1 Å². The van der Waals surface area contributed by atoms with Crippen molar-refractivity contribution in [1.82, 2.24) is 9.29 Å². The minimum absolute atomic E-state index is 0.0340. The molecular formula is C10H16N2O4S. The third-order valence-electron chi connectivity index (χ3n) is 2.27. The molecule has 0 aromatic carbocycles. The molecule has 0 aliphatic rings. The molecule has 0 aliphatic heterocycles. The number of aromatic nitrogens is 1. The Morgan fingerprint density at radius 3 is 2.65 bits per heavy atom. The number of aliphatic hydroxyl groups is 1. The van der Waals surface area contributed by atoms with Gasteiger partial charge in [-0.25, -0.2) is 13.4 Å². The van der Waals surface area contributed by atoms with E-state index >= 15 is 0 Å². The van der Waals surface area contributed by atoms with Crippen molar-refractivity contribution in [3.05, 3.63) is 23.9 Å². The fraction of sp³-hybridized carbons (Fsp3) is 0.500. The molecule has 0 bridgehead atoms. The minimum atomic E-state index is -3.58. The van der Waals surface area contributed by atoms with Gasteiger partial charge in [0.05, 0.1) is 13.2 Å². The SMILES string of the molecule is COCCN(C)S(=O)(=O)c1ccc(CO)cn1. The summed E-state index contributed by atoms with van der Waals surface area (Å²) in [7, 11) is -0.599. The lowest BCUT2D eigenvalue weighted by Gasteiger charge is -2.15. The number of pyridine rings is 1. The van der Waals surface area contributed by atoms with Crippen molar-refractivity contribution in [3.8, 4) is 0 Å². The fourth-order valence-corrected chi connectivity index (χ4v) is 2.22. The van der Waals surface area contributed by atoms with E-state index in [0.717, 1.165) is 0 Å². The van der Waals surface area contributed by atoms with Crippen LogP contribution in [0, 0.1) is 0 Å². The highest BCUT2D eigenvalue weighted by Crippen LogP contribution is 2.11. The van der Waals surface area contributed by atoms with Crippen molar-refractivity contribution in [1.29, 1.82) is 0 Å². The van der Waals surface area contributed by atoms with E-state index in [0.29, 0.717) is 12.2 Å². The topological polar surface area (TPSA) is 79.7 Å². The second-order valence-electron chi connectivity index (χ2n) is 3.48. The maximum Gasteiger partial charge on any atom is 0.260 e. The molecule has 0 fully saturated rings. The third kappa shape index (κ3) is 3.47. The lowest BCUT2D eigenvalue weighted by Crippen LogP contribution is -2.30. The van der Waals surface area contributed by atoms with Crippen LogP contribution < -0.4 is 0 Å². The molecule has 0 saturated heterocycles. The summed E-state index contributed by atoms with van der Waals surface area (Å²) >= 11 is 0. The molecule has 0 spiro atoms. The maximum absolute atomic E-state index is 12.0. The molecule has 17 heavy (non-hydrogen) atoms. The van der Waals surface area contributed by atoms with Gasteiger partial charge < -0.3 is 9.84 Å². The van der Waals surface area contributed by atoms with Crippen LogP contribution in [0.3, 0.4) is 0 Å². The van der Waals surface area contributed by atoms with Gasteiger partial charge in [0.1, 0.15) is 0 Å². The molecule has 0 radical (unpaired) electrons. The average molecular weight is 260 g/mol. The summed E-state index contributed by atoms with van der Waals surface area (Å²) in [5, 5.41) is 8.81. The molecule has 96 valence electrons. The monoisotopic (exact) mass is 260 g/mol. The van der Waals surface area contributed by atoms with Gasteiger partial charge in [0.15, 0.2) is 5.03 Å². The van der Waals surface area contributed by atoms with Gasteiger partial charge >= 0.3 is 0 Å². The van der Waals surface area contributed by atoms with E-state index < -0.39 is 10.0 Å². The zero-order valence-corrected chi connectivity index (χ0v) is 10.6. The lowest BCUT2D eigenvalue weighted by molar-refractivity contribution is 0.185. The second-order valence-corrected chi connectivity index (χ2v) is 5.47. The molecule has 6 nitrogen and oxygen atoms in total. The van der Waals surface area contributed by atoms with E-state index in [4.69, 9.17) is 9.84 Å². The van der Waals surface area contributed by atoms with Crippen LogP contribution in [0.25, 0.3) is 0 Å². The summed E-state index contributed by atoms with van der Waals surface area (Å²) < 4.78 is 30.0. The highest BCUT2D eigenvalue weighted by Gasteiger charge is 2.21. The van der Waals surface area contributed by atoms with Gasteiger partial charge in [-0.05, 0) is 11.6 Å². The van der Waals surface area contributed by atoms with Crippen molar-refractivity contribution in [2.24, 2.45) is 0 Å². The molecule has 1 aromatic rings. The molecule has 7 heteroatoms. The third-order valence-corrected chi connectivity index (χ3v) is 4.04. The van der Waals surface area contributed by atoms with Crippen LogP contribution in [0.5, 0.6) is 0 Å². The van der Waals surface area contributed by atoms with E-state index in [1.165, 1.54) is 36.8 Å². The van der Waals surface area contributed by atoms with Gasteiger partial charge in [-0.2, -0.15) is 4.31 Å². The zero-order valence-electron chi connectivity index (χ0n) is 9.83. The van der Waals surface area contributed by atoms with Gasteiger partial charge in [0, 0.05) is 26.9 Å². The minimum Gasteiger partial charge on any atom is -0.392 e. The van der Waals surface area contributed by atoms with Crippen LogP contribution in [0.15, 0.2) is 23.4 Å². The average Bonchev–Trinajstić information content (AvgIpc) is 2.35. The van der Waals surface area contributed by atoms with Gasteiger partial charge in [0.2, 0.25) is 0 Å². The quantitative estimate of drug-likeness (QED) is 0.769. The smallest absolute Gasteiger partial charge is 0.260 e. The Labute approximate surface area is 101 Å². The summed E-state index contributed by atoms with van der Waals surface area (Å²) in [4.78, 5) is 3.82. The molecule has 0 aliphatic carbocycles. The number of aliphatic hydroxyl groups excluding tert-OH is 1. The van der Waals surface area contributed by atoms with Gasteiger partial charge in [-0.1, -0.05) is 6.07 Å². The number of rotatable bonds is 6. The van der Waals surface area contributed by atoms with Gasteiger partial charge in [-0.15, -0.1) is 0 Å². The fourth-order valence-electron chi connectivity index (χ4n) is 1.16. The number of sulfonamides is 1. The number of hydrogen-bond acceptors (Lipinski definition) is 5. The molecule has 0 saturated carbocycles. The van der Waals surface area contributed by atoms with Crippen molar-refractivity contribution in [3.63, 3.8) is 0 Å². The van der Waals surface area contributed by atoms with Crippen LogP contribution in [0.4, 0.5) is 0 Å². The van der Waals surface area contributed by atoms with E-state index in [-0.39, 0.29) is 18.2 Å². The molecular weight excluding hydrogens is 244 g/mol. The summed E-state index contributed by atoms with van der Waals surface area (Å²) in [6, 6.07) is 2.91. The number of hydrogen-bond donors (Lipinski definition) is 1. The van der Waals surface area contributed by atoms with E-state index in [1.807, 2.05) is 0 Å². The molecule has 0 amide bonds. The Balaban J connectivity index is 2.88. The lowest BCUT2D eigenvalue weighted by atomic mass is 10.3. The highest BCUT2D eigenvalue weighted by atomic mass is 32.2. The second kappa shape index (κ2) is 6.06. The van der Waals surface area contributed by atoms with Gasteiger partial charge in [0.25, 0.3) is 10.0 Å². The van der Waals surface area contributed by atoms with Crippen LogP contribution in [-0.2, 0) is 21.4 Å². The molecule has 1 aromatic heterocycles. The Kier molecular flexibility index (Phi) is 5.01. The predicted octanol–water partition coefficient (Wildman–Crippen LogP) is -0.159. The summed E-state index contributed by atoms with van der Waals surface area (Å²) in [6.45, 7) is 0.430. The largest absolute Gasteiger partial charge is 0.392 e. The first-order valence-electron chi connectivity index (χ1n) is 5.03. The van der Waals surface area contributed by atoms with E-state index in [1.54, 1.807) is 0 Å². The first kappa shape index (κ1) is 14.0. The molecule has 1 rings (SSSR count). The van der Waals surface area contributed by atoms with Crippen LogP contribution in [0.1, 0.15) is 5.56 Å². The molecule has 1 N–H and O–H groups in total. The van der Waals surface area contributed by atoms with Gasteiger partial charge in [-0.3, -0.25) is 0 Å². The Morgan fingerprint density at radius 2 is 2.18 bits per heavy atom. The standard InChI is InChI=1S/C10H16N2O4S/c1-12(5-6-16-2)17(14,15)10-4-3-9(8-13)7-11-10/h3-4,7,13H,5-6,8H2,1-2H3. The number of ether oxygens (including phenoxy) is 1. The molecule has 0 unspecified atom stereocenters. The Morgan fingerprint density at radius 1 is 1.47 bits per heavy atom. The highest BCUT2D eigenvalue weighted by molar-refractivity contribution is 7.89. The normalized spacial score (nSPS) is 12.0. The number of likely N-dealkylation sites (N-methyl/N-ethyl adjacent to an activating group) is 1. The van der Waals surface area contributed by atoms with Crippen molar-refractivity contribution in [2.75, 3.05) is 27.3 Å². The Hall–Kier alpha value is -1.02. The van der Waals surface area contributed by atoms with Crippen molar-refractivity contribution in [2.45, 2.75) is 11.6 Å². The predicted molar refractivity (Wildman–Crippen MR) is 61.9 cm³/mol. The summed E-state index contributed by atoms with van der Waals surface area (Å²) in [6.07, 6.45) is 1.34. The zero-order chi connectivity index (χ0) is 12.9. The molecule has 0 atom stereocenters. The van der Waals surface area contributed by atoms with Crippen molar-refractivity contribution >= 4 is 10.0 Å². The maximum atomic E-state index is 12.0. The van der Waals surface area contributed by atoms with E-state index in [9.17, 15) is 8.42 Å². The Bertz CT molecular complexity index is 444. The first-order valence-corrected chi connectivity index (χ1v) is 6.47. The van der Waals surface area contributed by atoms with Crippen molar-refractivity contribution < 1.29 is 18.3 Å².